The van der Waals surface area contributed by atoms with Gasteiger partial charge in [-0.25, -0.2) is 4.79 Å². The molecule has 150 valence electrons. The summed E-state index contributed by atoms with van der Waals surface area (Å²) in [5, 5.41) is 0.653. The summed E-state index contributed by atoms with van der Waals surface area (Å²) < 4.78 is 11.0. The van der Waals surface area contributed by atoms with E-state index in [1.54, 1.807) is 18.2 Å². The van der Waals surface area contributed by atoms with Gasteiger partial charge in [0.15, 0.2) is 11.3 Å². The normalized spacial score (nSPS) is 11.2. The van der Waals surface area contributed by atoms with Crippen LogP contribution in [0.5, 0.6) is 0 Å². The molecule has 0 bridgehead atoms. The third-order valence-corrected chi connectivity index (χ3v) is 4.87. The molecule has 0 aliphatic heterocycles. The van der Waals surface area contributed by atoms with Gasteiger partial charge in [-0.2, -0.15) is 0 Å². The van der Waals surface area contributed by atoms with Crippen LogP contribution >= 0.6 is 11.6 Å². The highest BCUT2D eigenvalue weighted by Crippen LogP contribution is 2.33. The van der Waals surface area contributed by atoms with Crippen molar-refractivity contribution in [1.29, 1.82) is 0 Å². The molecule has 0 amide bonds. The standard InChI is InChI=1S/C25H25ClO3/c1-5-8-14-21-19(6-2)22(15-16-23(21)26)24(20(7-3)25(27)28-4)29-17-18-12-10-9-11-13-18/h3,6,9-13,15-16H,2,5,8,14,17H2,1,4H3/b24-20-. The molecule has 0 N–H and O–H groups in total. The van der Waals surface area contributed by atoms with E-state index in [4.69, 9.17) is 27.5 Å². The number of unbranched alkanes of at least 4 members (excludes halogenated alkanes) is 1. The van der Waals surface area contributed by atoms with Gasteiger partial charge in [-0.15, -0.1) is 6.42 Å². The Morgan fingerprint density at radius 3 is 2.55 bits per heavy atom. The van der Waals surface area contributed by atoms with Gasteiger partial charge < -0.3 is 9.47 Å². The lowest BCUT2D eigenvalue weighted by molar-refractivity contribution is -0.135. The SMILES string of the molecule is C#C/C(C(=O)OC)=C(/OCc1ccccc1)c1ccc(Cl)c(CCCC)c1C=C. The Morgan fingerprint density at radius 1 is 1.24 bits per heavy atom. The molecule has 0 fully saturated rings. The first-order valence-corrected chi connectivity index (χ1v) is 9.85. The molecule has 29 heavy (non-hydrogen) atoms. The number of methoxy groups -OCH3 is 1. The minimum Gasteiger partial charge on any atom is -0.487 e. The molecule has 0 spiro atoms. The fourth-order valence-electron chi connectivity index (χ4n) is 3.01. The molecule has 0 saturated carbocycles. The summed E-state index contributed by atoms with van der Waals surface area (Å²) in [6, 6.07) is 13.2. The molecule has 0 aliphatic rings. The second-order valence-corrected chi connectivity index (χ2v) is 6.82. The number of ether oxygens (including phenoxy) is 2. The van der Waals surface area contributed by atoms with Gasteiger partial charge in [0, 0.05) is 10.6 Å². The first-order chi connectivity index (χ1) is 14.1. The summed E-state index contributed by atoms with van der Waals surface area (Å²) in [6.45, 7) is 6.32. The number of terminal acetylenes is 1. The predicted molar refractivity (Wildman–Crippen MR) is 119 cm³/mol. The van der Waals surface area contributed by atoms with Crippen molar-refractivity contribution in [3.8, 4) is 12.3 Å². The molecule has 2 aromatic carbocycles. The molecule has 2 rings (SSSR count). The topological polar surface area (TPSA) is 35.5 Å². The molecule has 0 radical (unpaired) electrons. The fourth-order valence-corrected chi connectivity index (χ4v) is 3.27. The molecule has 0 saturated heterocycles. The van der Waals surface area contributed by atoms with Crippen LogP contribution in [0, 0.1) is 12.3 Å². The third-order valence-electron chi connectivity index (χ3n) is 4.52. The number of rotatable bonds is 9. The van der Waals surface area contributed by atoms with E-state index < -0.39 is 5.97 Å². The van der Waals surface area contributed by atoms with E-state index >= 15 is 0 Å². The smallest absolute Gasteiger partial charge is 0.350 e. The second-order valence-electron chi connectivity index (χ2n) is 6.41. The van der Waals surface area contributed by atoms with Crippen molar-refractivity contribution in [2.45, 2.75) is 32.8 Å². The number of esters is 1. The Labute approximate surface area is 178 Å². The first kappa shape index (κ1) is 22.3. The first-order valence-electron chi connectivity index (χ1n) is 9.47. The van der Waals surface area contributed by atoms with Crippen LogP contribution in [0.1, 0.15) is 42.0 Å². The molecular weight excluding hydrogens is 384 g/mol. The Hall–Kier alpha value is -2.96. The van der Waals surface area contributed by atoms with Crippen LogP contribution in [-0.4, -0.2) is 13.1 Å². The highest BCUT2D eigenvalue weighted by molar-refractivity contribution is 6.31. The molecule has 0 unspecified atom stereocenters. The molecule has 4 heteroatoms. The van der Waals surface area contributed by atoms with Gasteiger partial charge in [0.1, 0.15) is 6.61 Å². The summed E-state index contributed by atoms with van der Waals surface area (Å²) in [6.07, 6.45) is 10.2. The van der Waals surface area contributed by atoms with Crippen molar-refractivity contribution < 1.29 is 14.3 Å². The number of carbonyl (C=O) groups excluding carboxylic acids is 1. The Balaban J connectivity index is 2.62. The van der Waals surface area contributed by atoms with Crippen LogP contribution < -0.4 is 0 Å². The maximum absolute atomic E-state index is 12.3. The van der Waals surface area contributed by atoms with E-state index in [1.807, 2.05) is 30.3 Å². The highest BCUT2D eigenvalue weighted by Gasteiger charge is 2.22. The van der Waals surface area contributed by atoms with Crippen LogP contribution in [-0.2, 0) is 27.3 Å². The Morgan fingerprint density at radius 2 is 1.97 bits per heavy atom. The third kappa shape index (κ3) is 5.53. The van der Waals surface area contributed by atoms with E-state index in [2.05, 4.69) is 19.4 Å². The van der Waals surface area contributed by atoms with Crippen molar-refractivity contribution in [3.05, 3.63) is 81.9 Å². The van der Waals surface area contributed by atoms with Crippen molar-refractivity contribution in [2.24, 2.45) is 0 Å². The van der Waals surface area contributed by atoms with E-state index in [1.165, 1.54) is 7.11 Å². The lowest BCUT2D eigenvalue weighted by Crippen LogP contribution is -2.10. The summed E-state index contributed by atoms with van der Waals surface area (Å²) in [4.78, 5) is 12.3. The number of benzene rings is 2. The van der Waals surface area contributed by atoms with Crippen LogP contribution in [0.2, 0.25) is 5.02 Å². The second kappa shape index (κ2) is 11.1. The van der Waals surface area contributed by atoms with Gasteiger partial charge in [-0.1, -0.05) is 73.9 Å². The minimum absolute atomic E-state index is 0.0234. The molecule has 0 aromatic heterocycles. The van der Waals surface area contributed by atoms with Crippen molar-refractivity contribution in [2.75, 3.05) is 7.11 Å². The average Bonchev–Trinajstić information content (AvgIpc) is 2.76. The van der Waals surface area contributed by atoms with Gasteiger partial charge in [-0.05, 0) is 41.7 Å². The zero-order valence-electron chi connectivity index (χ0n) is 16.8. The van der Waals surface area contributed by atoms with Gasteiger partial charge >= 0.3 is 5.97 Å². The van der Waals surface area contributed by atoms with Gasteiger partial charge in [0.25, 0.3) is 0 Å². The highest BCUT2D eigenvalue weighted by atomic mass is 35.5. The number of hydrogen-bond donors (Lipinski definition) is 0. The maximum atomic E-state index is 12.3. The quantitative estimate of drug-likeness (QED) is 0.219. The fraction of sp³-hybridized carbons (Fsp3) is 0.240. The van der Waals surface area contributed by atoms with E-state index in [0.717, 1.165) is 36.0 Å². The molecule has 0 aliphatic carbocycles. The van der Waals surface area contributed by atoms with Crippen molar-refractivity contribution in [1.82, 2.24) is 0 Å². The number of halogens is 1. The number of hydrogen-bond acceptors (Lipinski definition) is 3. The number of carbonyl (C=O) groups is 1. The lowest BCUT2D eigenvalue weighted by Gasteiger charge is -2.18. The van der Waals surface area contributed by atoms with Crippen LogP contribution in [0.15, 0.2) is 54.6 Å². The largest absolute Gasteiger partial charge is 0.487 e. The van der Waals surface area contributed by atoms with E-state index in [-0.39, 0.29) is 17.9 Å². The van der Waals surface area contributed by atoms with Crippen LogP contribution in [0.3, 0.4) is 0 Å². The van der Waals surface area contributed by atoms with Gasteiger partial charge in [0.05, 0.1) is 7.11 Å². The van der Waals surface area contributed by atoms with Gasteiger partial charge in [-0.3, -0.25) is 0 Å². The molecule has 0 atom stereocenters. The zero-order chi connectivity index (χ0) is 21.2. The van der Waals surface area contributed by atoms with E-state index in [9.17, 15) is 4.79 Å². The summed E-state index contributed by atoms with van der Waals surface area (Å²) >= 11 is 6.46. The Bertz CT molecular complexity index is 937. The predicted octanol–water partition coefficient (Wildman–Crippen LogP) is 6.06. The summed E-state index contributed by atoms with van der Waals surface area (Å²) in [5.74, 6) is 2.08. The average molecular weight is 409 g/mol. The monoisotopic (exact) mass is 408 g/mol. The van der Waals surface area contributed by atoms with Crippen LogP contribution in [0.4, 0.5) is 0 Å². The molecule has 3 nitrogen and oxygen atoms in total. The molecule has 0 heterocycles. The van der Waals surface area contributed by atoms with Crippen LogP contribution in [0.25, 0.3) is 11.8 Å². The van der Waals surface area contributed by atoms with Crippen molar-refractivity contribution in [3.63, 3.8) is 0 Å². The van der Waals surface area contributed by atoms with Gasteiger partial charge in [0.2, 0.25) is 0 Å². The summed E-state index contributed by atoms with van der Waals surface area (Å²) in [5.41, 5.74) is 3.42. The Kier molecular flexibility index (Phi) is 8.58. The summed E-state index contributed by atoms with van der Waals surface area (Å²) in [7, 11) is 1.29. The maximum Gasteiger partial charge on any atom is 0.350 e. The van der Waals surface area contributed by atoms with Crippen molar-refractivity contribution >= 4 is 29.4 Å². The zero-order valence-corrected chi connectivity index (χ0v) is 17.6. The minimum atomic E-state index is -0.629. The molecular formula is C25H25ClO3. The van der Waals surface area contributed by atoms with E-state index in [0.29, 0.717) is 10.6 Å². The lowest BCUT2D eigenvalue weighted by atomic mass is 9.94. The molecule has 2 aromatic rings.